The first-order valence-corrected chi connectivity index (χ1v) is 9.06. The Morgan fingerprint density at radius 2 is 2.21 bits per heavy atom. The second kappa shape index (κ2) is 7.57. The Balaban J connectivity index is 1.38. The molecule has 0 bridgehead atoms. The monoisotopic (exact) mass is 335 g/mol. The van der Waals surface area contributed by atoms with Crippen LogP contribution in [0, 0.1) is 5.92 Å². The van der Waals surface area contributed by atoms with Crippen LogP contribution in [0.3, 0.4) is 0 Å². The molecule has 0 aromatic carbocycles. The van der Waals surface area contributed by atoms with Gasteiger partial charge in [0, 0.05) is 25.7 Å². The van der Waals surface area contributed by atoms with Crippen LogP contribution in [-0.4, -0.2) is 48.3 Å². The lowest BCUT2D eigenvalue weighted by Gasteiger charge is -2.23. The van der Waals surface area contributed by atoms with E-state index in [0.29, 0.717) is 5.76 Å². The van der Waals surface area contributed by atoms with Crippen LogP contribution in [0.2, 0.25) is 0 Å². The normalized spacial score (nSPS) is 24.8. The van der Waals surface area contributed by atoms with Gasteiger partial charge in [0.05, 0.1) is 12.8 Å². The van der Waals surface area contributed by atoms with Gasteiger partial charge < -0.3 is 25.1 Å². The first-order chi connectivity index (χ1) is 11.5. The third-order valence-corrected chi connectivity index (χ3v) is 5.24. The van der Waals surface area contributed by atoms with E-state index in [1.54, 1.807) is 19.1 Å². The average Bonchev–Trinajstić information content (AvgIpc) is 3.28. The molecule has 1 saturated heterocycles. The van der Waals surface area contributed by atoms with Crippen LogP contribution in [0.4, 0.5) is 4.79 Å². The van der Waals surface area contributed by atoms with Crippen LogP contribution in [0.15, 0.2) is 22.8 Å². The topological polar surface area (TPSA) is 77.7 Å². The van der Waals surface area contributed by atoms with Crippen molar-refractivity contribution in [3.8, 4) is 0 Å². The number of carbonyl (C=O) groups excluding carboxylic acids is 1. The predicted molar refractivity (Wildman–Crippen MR) is 91.6 cm³/mol. The summed E-state index contributed by atoms with van der Waals surface area (Å²) in [6.45, 7) is 4.91. The van der Waals surface area contributed by atoms with Gasteiger partial charge in [0.1, 0.15) is 11.4 Å². The molecule has 2 amide bonds. The molecular weight excluding hydrogens is 306 g/mol. The number of carbonyl (C=O) groups is 1. The Kier molecular flexibility index (Phi) is 5.46. The molecule has 1 aliphatic heterocycles. The maximum Gasteiger partial charge on any atom is 0.315 e. The van der Waals surface area contributed by atoms with E-state index in [-0.39, 0.29) is 18.6 Å². The van der Waals surface area contributed by atoms with Crippen molar-refractivity contribution in [3.05, 3.63) is 24.2 Å². The fourth-order valence-corrected chi connectivity index (χ4v) is 3.84. The molecule has 1 aromatic rings. The van der Waals surface area contributed by atoms with Gasteiger partial charge in [-0.05, 0) is 44.2 Å². The first-order valence-electron chi connectivity index (χ1n) is 9.06. The molecule has 3 N–H and O–H groups in total. The van der Waals surface area contributed by atoms with Gasteiger partial charge in [-0.2, -0.15) is 0 Å². The molecule has 2 fully saturated rings. The highest BCUT2D eigenvalue weighted by atomic mass is 16.4. The maximum atomic E-state index is 12.1. The molecule has 6 nitrogen and oxygen atoms in total. The molecule has 6 heteroatoms. The lowest BCUT2D eigenvalue weighted by atomic mass is 10.0. The Hall–Kier alpha value is -1.53. The van der Waals surface area contributed by atoms with Gasteiger partial charge in [-0.3, -0.25) is 0 Å². The lowest BCUT2D eigenvalue weighted by molar-refractivity contribution is 0.0366. The number of amides is 2. The number of urea groups is 1. The summed E-state index contributed by atoms with van der Waals surface area (Å²) < 4.78 is 5.21. The smallest absolute Gasteiger partial charge is 0.315 e. The molecule has 1 saturated carbocycles. The largest absolute Gasteiger partial charge is 0.466 e. The van der Waals surface area contributed by atoms with Crippen molar-refractivity contribution in [2.24, 2.45) is 5.92 Å². The SMILES string of the molecule is C[C@@](O)(CNC(=O)N[C@H]1CCN(CC2CCCC2)C1)c1ccco1. The number of aliphatic hydroxyl groups is 1. The van der Waals surface area contributed by atoms with Crippen molar-refractivity contribution in [1.82, 2.24) is 15.5 Å². The minimum Gasteiger partial charge on any atom is -0.466 e. The van der Waals surface area contributed by atoms with Gasteiger partial charge >= 0.3 is 6.03 Å². The highest BCUT2D eigenvalue weighted by molar-refractivity contribution is 5.74. The molecule has 0 spiro atoms. The average molecular weight is 335 g/mol. The van der Waals surface area contributed by atoms with E-state index >= 15 is 0 Å². The Labute approximate surface area is 143 Å². The van der Waals surface area contributed by atoms with Crippen molar-refractivity contribution in [1.29, 1.82) is 0 Å². The highest BCUT2D eigenvalue weighted by Gasteiger charge is 2.29. The predicted octanol–water partition coefficient (Wildman–Crippen LogP) is 2.05. The van der Waals surface area contributed by atoms with Gasteiger partial charge in [0.15, 0.2) is 0 Å². The van der Waals surface area contributed by atoms with Crippen LogP contribution in [-0.2, 0) is 5.60 Å². The summed E-state index contributed by atoms with van der Waals surface area (Å²) in [6, 6.07) is 3.40. The summed E-state index contributed by atoms with van der Waals surface area (Å²) >= 11 is 0. The first kappa shape index (κ1) is 17.3. The van der Waals surface area contributed by atoms with E-state index in [9.17, 15) is 9.90 Å². The Morgan fingerprint density at radius 3 is 2.92 bits per heavy atom. The fraction of sp³-hybridized carbons (Fsp3) is 0.722. The Bertz CT molecular complexity index is 524. The number of nitrogens with one attached hydrogen (secondary N) is 2. The fourth-order valence-electron chi connectivity index (χ4n) is 3.84. The van der Waals surface area contributed by atoms with E-state index in [4.69, 9.17) is 4.42 Å². The zero-order valence-electron chi connectivity index (χ0n) is 14.5. The van der Waals surface area contributed by atoms with Crippen molar-refractivity contribution in [2.75, 3.05) is 26.2 Å². The lowest BCUT2D eigenvalue weighted by Crippen LogP contribution is -2.47. The van der Waals surface area contributed by atoms with Gasteiger partial charge in [0.2, 0.25) is 0 Å². The minimum absolute atomic E-state index is 0.116. The summed E-state index contributed by atoms with van der Waals surface area (Å²) in [4.78, 5) is 14.6. The minimum atomic E-state index is -1.20. The third kappa shape index (κ3) is 4.51. The summed E-state index contributed by atoms with van der Waals surface area (Å²) in [5.41, 5.74) is -1.20. The maximum absolute atomic E-state index is 12.1. The number of rotatable bonds is 6. The zero-order chi connectivity index (χ0) is 17.0. The summed E-state index contributed by atoms with van der Waals surface area (Å²) in [5.74, 6) is 1.30. The molecule has 2 heterocycles. The van der Waals surface area contributed by atoms with E-state index in [2.05, 4.69) is 15.5 Å². The number of likely N-dealkylation sites (tertiary alicyclic amines) is 1. The highest BCUT2D eigenvalue weighted by Crippen LogP contribution is 2.26. The molecule has 24 heavy (non-hydrogen) atoms. The van der Waals surface area contributed by atoms with Crippen molar-refractivity contribution in [3.63, 3.8) is 0 Å². The number of hydrogen-bond acceptors (Lipinski definition) is 4. The molecule has 2 aliphatic rings. The van der Waals surface area contributed by atoms with E-state index in [0.717, 1.165) is 25.4 Å². The standard InChI is InChI=1S/C18H29N3O3/c1-18(23,16-7-4-10-24-16)13-19-17(22)20-15-8-9-21(12-15)11-14-5-2-3-6-14/h4,7,10,14-15,23H,2-3,5-6,8-9,11-13H2,1H3,(H2,19,20,22)/t15-,18+/m0/s1. The van der Waals surface area contributed by atoms with Gasteiger partial charge in [-0.25, -0.2) is 4.79 Å². The molecule has 0 unspecified atom stereocenters. The van der Waals surface area contributed by atoms with Crippen LogP contribution >= 0.6 is 0 Å². The van der Waals surface area contributed by atoms with E-state index in [1.807, 2.05) is 0 Å². The van der Waals surface area contributed by atoms with Crippen LogP contribution < -0.4 is 10.6 Å². The second-order valence-corrected chi connectivity index (χ2v) is 7.47. The summed E-state index contributed by atoms with van der Waals surface area (Å²) in [5, 5.41) is 16.1. The van der Waals surface area contributed by atoms with Gasteiger partial charge in [-0.15, -0.1) is 0 Å². The summed E-state index contributed by atoms with van der Waals surface area (Å²) in [6.07, 6.45) is 7.97. The number of nitrogens with zero attached hydrogens (tertiary/aromatic N) is 1. The molecule has 0 radical (unpaired) electrons. The molecule has 134 valence electrons. The molecule has 2 atom stereocenters. The van der Waals surface area contributed by atoms with Crippen LogP contribution in [0.1, 0.15) is 44.8 Å². The molecular formula is C18H29N3O3. The molecule has 3 rings (SSSR count). The molecule has 1 aliphatic carbocycles. The Morgan fingerprint density at radius 1 is 1.42 bits per heavy atom. The van der Waals surface area contributed by atoms with E-state index < -0.39 is 5.60 Å². The second-order valence-electron chi connectivity index (χ2n) is 7.47. The number of furan rings is 1. The van der Waals surface area contributed by atoms with Crippen LogP contribution in [0.25, 0.3) is 0 Å². The van der Waals surface area contributed by atoms with Crippen molar-refractivity contribution < 1.29 is 14.3 Å². The molecule has 1 aromatic heterocycles. The van der Waals surface area contributed by atoms with Gasteiger partial charge in [0.25, 0.3) is 0 Å². The third-order valence-electron chi connectivity index (χ3n) is 5.24. The van der Waals surface area contributed by atoms with Crippen LogP contribution in [0.5, 0.6) is 0 Å². The quantitative estimate of drug-likeness (QED) is 0.743. The number of hydrogen-bond donors (Lipinski definition) is 3. The van der Waals surface area contributed by atoms with Crippen molar-refractivity contribution in [2.45, 2.75) is 50.7 Å². The van der Waals surface area contributed by atoms with Crippen molar-refractivity contribution >= 4 is 6.03 Å². The zero-order valence-corrected chi connectivity index (χ0v) is 14.5. The summed E-state index contributed by atoms with van der Waals surface area (Å²) in [7, 11) is 0. The van der Waals surface area contributed by atoms with Gasteiger partial charge in [-0.1, -0.05) is 12.8 Å². The van der Waals surface area contributed by atoms with E-state index in [1.165, 1.54) is 38.5 Å².